The third kappa shape index (κ3) is 3.22. The monoisotopic (exact) mass is 398 g/mol. The van der Waals surface area contributed by atoms with E-state index in [1.165, 1.54) is 6.92 Å². The van der Waals surface area contributed by atoms with Crippen LogP contribution in [0.25, 0.3) is 0 Å². The van der Waals surface area contributed by atoms with Gasteiger partial charge in [-0.1, -0.05) is 18.2 Å². The minimum atomic E-state index is -1.02. The molecule has 29 heavy (non-hydrogen) atoms. The summed E-state index contributed by atoms with van der Waals surface area (Å²) in [5, 5.41) is 2.75. The van der Waals surface area contributed by atoms with Crippen molar-refractivity contribution in [2.75, 3.05) is 11.9 Å². The number of anilines is 1. The summed E-state index contributed by atoms with van der Waals surface area (Å²) in [6, 6.07) is 4.64. The Bertz CT molecular complexity index is 847. The minimum absolute atomic E-state index is 0.253. The van der Waals surface area contributed by atoms with Gasteiger partial charge in [0.05, 0.1) is 11.8 Å². The van der Waals surface area contributed by atoms with E-state index in [0.29, 0.717) is 5.69 Å². The van der Waals surface area contributed by atoms with Crippen LogP contribution >= 0.6 is 0 Å². The molecular weight excluding hydrogens is 372 g/mol. The molecule has 7 nitrogen and oxygen atoms in total. The van der Waals surface area contributed by atoms with Gasteiger partial charge in [-0.2, -0.15) is 0 Å². The molecule has 2 bridgehead atoms. The fraction of sp³-hybridized carbons (Fsp3) is 0.545. The van der Waals surface area contributed by atoms with Gasteiger partial charge in [-0.25, -0.2) is 4.79 Å². The van der Waals surface area contributed by atoms with E-state index < -0.39 is 24.5 Å². The van der Waals surface area contributed by atoms with Crippen molar-refractivity contribution in [3.63, 3.8) is 0 Å². The van der Waals surface area contributed by atoms with Crippen molar-refractivity contribution in [3.05, 3.63) is 29.3 Å². The van der Waals surface area contributed by atoms with Crippen LogP contribution in [0.5, 0.6) is 0 Å². The Labute approximate surface area is 169 Å². The normalized spacial score (nSPS) is 28.4. The number of hydrogen-bond donors (Lipinski definition) is 1. The van der Waals surface area contributed by atoms with Crippen LogP contribution in [0, 0.1) is 37.5 Å². The Balaban J connectivity index is 1.36. The summed E-state index contributed by atoms with van der Waals surface area (Å²) in [5.41, 5.74) is 2.51. The maximum Gasteiger partial charge on any atom is 0.329 e. The molecule has 3 amide bonds. The van der Waals surface area contributed by atoms with E-state index in [1.54, 1.807) is 0 Å². The number of hydrogen-bond acceptors (Lipinski definition) is 5. The van der Waals surface area contributed by atoms with Crippen LogP contribution in [0.2, 0.25) is 0 Å². The van der Waals surface area contributed by atoms with Crippen molar-refractivity contribution in [3.8, 4) is 0 Å². The summed E-state index contributed by atoms with van der Waals surface area (Å²) in [5.74, 6) is -1.73. The fourth-order valence-electron chi connectivity index (χ4n) is 5.36. The summed E-state index contributed by atoms with van der Waals surface area (Å²) in [4.78, 5) is 51.4. The molecule has 2 saturated carbocycles. The van der Waals surface area contributed by atoms with Gasteiger partial charge in [-0.15, -0.1) is 0 Å². The van der Waals surface area contributed by atoms with Gasteiger partial charge in [0.1, 0.15) is 6.04 Å². The number of imide groups is 1. The highest BCUT2D eigenvalue weighted by molar-refractivity contribution is 6.08. The number of esters is 1. The van der Waals surface area contributed by atoms with Crippen LogP contribution in [0.15, 0.2) is 18.2 Å². The SMILES string of the molecule is Cc1cccc(C)c1NC(=O)COC(=O)[C@H](C)N1C(=O)[C@H]2[C@H]3CC[C@@H](C3)[C@@H]2C1=O. The van der Waals surface area contributed by atoms with Crippen molar-refractivity contribution in [2.24, 2.45) is 23.7 Å². The predicted octanol–water partition coefficient (Wildman–Crippen LogP) is 2.20. The number of benzene rings is 1. The lowest BCUT2D eigenvalue weighted by molar-refractivity contribution is -0.159. The van der Waals surface area contributed by atoms with Gasteiger partial charge in [0, 0.05) is 5.69 Å². The van der Waals surface area contributed by atoms with Crippen molar-refractivity contribution in [1.82, 2.24) is 4.90 Å². The Morgan fingerprint density at radius 2 is 1.66 bits per heavy atom. The molecule has 1 N–H and O–H groups in total. The largest absolute Gasteiger partial charge is 0.454 e. The van der Waals surface area contributed by atoms with E-state index in [4.69, 9.17) is 4.74 Å². The number of carbonyl (C=O) groups excluding carboxylic acids is 4. The Hall–Kier alpha value is -2.70. The van der Waals surface area contributed by atoms with Gasteiger partial charge >= 0.3 is 5.97 Å². The standard InChI is InChI=1S/C22H26N2O5/c1-11-5-4-6-12(2)19(11)23-16(25)10-29-22(28)13(3)24-20(26)17-14-7-8-15(9-14)18(17)21(24)27/h4-6,13-15,17-18H,7-10H2,1-3H3,(H,23,25)/t13-,14-,15-,17-,18-/m0/s1. The molecule has 0 unspecified atom stereocenters. The van der Waals surface area contributed by atoms with Gasteiger partial charge in [0.2, 0.25) is 11.8 Å². The maximum atomic E-state index is 12.8. The zero-order chi connectivity index (χ0) is 20.9. The van der Waals surface area contributed by atoms with Gasteiger partial charge in [0.15, 0.2) is 6.61 Å². The number of rotatable bonds is 5. The maximum absolute atomic E-state index is 12.8. The van der Waals surface area contributed by atoms with Crippen LogP contribution in [-0.4, -0.2) is 41.2 Å². The van der Waals surface area contributed by atoms with Crippen molar-refractivity contribution < 1.29 is 23.9 Å². The second-order valence-electron chi connectivity index (χ2n) is 8.53. The molecule has 1 aliphatic heterocycles. The summed E-state index contributed by atoms with van der Waals surface area (Å²) in [6.45, 7) is 4.78. The zero-order valence-corrected chi connectivity index (χ0v) is 16.9. The van der Waals surface area contributed by atoms with Crippen molar-refractivity contribution in [1.29, 1.82) is 0 Å². The van der Waals surface area contributed by atoms with E-state index in [0.717, 1.165) is 35.3 Å². The van der Waals surface area contributed by atoms with E-state index in [2.05, 4.69) is 5.32 Å². The molecule has 0 spiro atoms. The molecule has 4 rings (SSSR count). The first kappa shape index (κ1) is 19.6. The number of para-hydroxylation sites is 1. The molecule has 3 aliphatic rings. The van der Waals surface area contributed by atoms with Crippen LogP contribution in [0.4, 0.5) is 5.69 Å². The third-order valence-electron chi connectivity index (χ3n) is 6.78. The number of fused-ring (bicyclic) bond motifs is 5. The second kappa shape index (κ2) is 7.28. The molecule has 1 aromatic rings. The Morgan fingerprint density at radius 1 is 1.10 bits per heavy atom. The van der Waals surface area contributed by atoms with Crippen molar-refractivity contribution >= 4 is 29.4 Å². The predicted molar refractivity (Wildman–Crippen MR) is 105 cm³/mol. The number of carbonyl (C=O) groups is 4. The molecule has 1 heterocycles. The second-order valence-corrected chi connectivity index (χ2v) is 8.53. The number of ether oxygens (including phenoxy) is 1. The number of amides is 3. The van der Waals surface area contributed by atoms with Gasteiger partial charge in [-0.05, 0) is 63.0 Å². The zero-order valence-electron chi connectivity index (χ0n) is 16.9. The molecule has 1 aromatic carbocycles. The summed E-state index contributed by atoms with van der Waals surface area (Å²) >= 11 is 0. The first-order valence-corrected chi connectivity index (χ1v) is 10.2. The third-order valence-corrected chi connectivity index (χ3v) is 6.78. The highest BCUT2D eigenvalue weighted by Gasteiger charge is 2.62. The summed E-state index contributed by atoms with van der Waals surface area (Å²) in [6.07, 6.45) is 2.91. The molecule has 0 aromatic heterocycles. The molecule has 3 fully saturated rings. The van der Waals surface area contributed by atoms with E-state index in [-0.39, 0.29) is 35.5 Å². The first-order valence-electron chi connectivity index (χ1n) is 10.2. The first-order chi connectivity index (χ1) is 13.8. The molecule has 7 heteroatoms. The highest BCUT2D eigenvalue weighted by atomic mass is 16.5. The number of nitrogens with one attached hydrogen (secondary N) is 1. The van der Waals surface area contributed by atoms with E-state index >= 15 is 0 Å². The quantitative estimate of drug-likeness (QED) is 0.606. The van der Waals surface area contributed by atoms with Gasteiger partial charge < -0.3 is 10.1 Å². The summed E-state index contributed by atoms with van der Waals surface area (Å²) in [7, 11) is 0. The minimum Gasteiger partial charge on any atom is -0.454 e. The molecule has 2 aliphatic carbocycles. The van der Waals surface area contributed by atoms with Gasteiger partial charge in [-0.3, -0.25) is 19.3 Å². The fourth-order valence-corrected chi connectivity index (χ4v) is 5.36. The lowest BCUT2D eigenvalue weighted by Gasteiger charge is -2.23. The van der Waals surface area contributed by atoms with Crippen LogP contribution in [-0.2, 0) is 23.9 Å². The molecule has 0 radical (unpaired) electrons. The number of likely N-dealkylation sites (tertiary alicyclic amines) is 1. The smallest absolute Gasteiger partial charge is 0.329 e. The van der Waals surface area contributed by atoms with Crippen LogP contribution in [0.3, 0.4) is 0 Å². The molecule has 5 atom stereocenters. The van der Waals surface area contributed by atoms with Crippen LogP contribution < -0.4 is 5.32 Å². The lowest BCUT2D eigenvalue weighted by Crippen LogP contribution is -2.45. The van der Waals surface area contributed by atoms with Gasteiger partial charge in [0.25, 0.3) is 5.91 Å². The van der Waals surface area contributed by atoms with E-state index in [1.807, 2.05) is 32.0 Å². The van der Waals surface area contributed by atoms with Crippen LogP contribution in [0.1, 0.15) is 37.3 Å². The average molecular weight is 398 g/mol. The Morgan fingerprint density at radius 3 is 2.21 bits per heavy atom. The lowest BCUT2D eigenvalue weighted by atomic mass is 9.81. The summed E-state index contributed by atoms with van der Waals surface area (Å²) < 4.78 is 5.12. The topological polar surface area (TPSA) is 92.8 Å². The number of aryl methyl sites for hydroxylation is 2. The highest BCUT2D eigenvalue weighted by Crippen LogP contribution is 2.56. The molecular formula is C22H26N2O5. The number of nitrogens with zero attached hydrogens (tertiary/aromatic N) is 1. The Kier molecular flexibility index (Phi) is 4.92. The molecule has 154 valence electrons. The van der Waals surface area contributed by atoms with Crippen molar-refractivity contribution in [2.45, 2.75) is 46.1 Å². The van der Waals surface area contributed by atoms with E-state index in [9.17, 15) is 19.2 Å². The molecule has 1 saturated heterocycles. The average Bonchev–Trinajstić information content (AvgIpc) is 3.36.